The highest BCUT2D eigenvalue weighted by Crippen LogP contribution is 2.40. The van der Waals surface area contributed by atoms with Gasteiger partial charge < -0.3 is 14.6 Å². The molecule has 0 fully saturated rings. The van der Waals surface area contributed by atoms with Gasteiger partial charge in [-0.05, 0) is 18.1 Å². The van der Waals surface area contributed by atoms with Crippen molar-refractivity contribution in [2.75, 3.05) is 13.2 Å². The molecule has 0 aromatic heterocycles. The van der Waals surface area contributed by atoms with E-state index >= 15 is 0 Å². The van der Waals surface area contributed by atoms with Crippen LogP contribution in [0.3, 0.4) is 0 Å². The Kier molecular flexibility index (Phi) is 3.17. The maximum Gasteiger partial charge on any atom is 0.303 e. The first kappa shape index (κ1) is 11.7. The quantitative estimate of drug-likeness (QED) is 0.879. The number of halogens is 1. The average molecular weight is 240 g/mol. The van der Waals surface area contributed by atoms with Crippen LogP contribution in [0.1, 0.15) is 24.8 Å². The minimum atomic E-state index is -0.966. The fourth-order valence-corrected chi connectivity index (χ4v) is 1.94. The van der Waals surface area contributed by atoms with E-state index in [0.717, 1.165) is 0 Å². The highest BCUT2D eigenvalue weighted by molar-refractivity contribution is 5.68. The Bertz CT molecular complexity index is 444. The van der Waals surface area contributed by atoms with Crippen LogP contribution in [0.2, 0.25) is 0 Å². The lowest BCUT2D eigenvalue weighted by Crippen LogP contribution is -2.18. The number of aliphatic carboxylic acids is 1. The second-order valence-corrected chi connectivity index (χ2v) is 3.98. The van der Waals surface area contributed by atoms with Crippen molar-refractivity contribution in [1.29, 1.82) is 0 Å². The molecule has 1 aliphatic rings. The smallest absolute Gasteiger partial charge is 0.303 e. The summed E-state index contributed by atoms with van der Waals surface area (Å²) in [6.07, 6.45) is -0.142. The van der Waals surface area contributed by atoms with E-state index in [0.29, 0.717) is 24.7 Å². The molecule has 0 amide bonds. The van der Waals surface area contributed by atoms with Crippen LogP contribution in [-0.2, 0) is 4.79 Å². The third kappa shape index (κ3) is 2.33. The first-order chi connectivity index (χ1) is 8.09. The average Bonchev–Trinajstić information content (AvgIpc) is 2.27. The van der Waals surface area contributed by atoms with Crippen molar-refractivity contribution >= 4 is 5.97 Å². The second-order valence-electron chi connectivity index (χ2n) is 3.98. The number of carboxylic acid groups (broad SMARTS) is 1. The largest absolute Gasteiger partial charge is 0.486 e. The fraction of sp³-hybridized carbons (Fsp3) is 0.417. The summed E-state index contributed by atoms with van der Waals surface area (Å²) in [4.78, 5) is 10.7. The topological polar surface area (TPSA) is 55.8 Å². The van der Waals surface area contributed by atoms with Gasteiger partial charge in [-0.2, -0.15) is 0 Å². The summed E-state index contributed by atoms with van der Waals surface area (Å²) >= 11 is 0. The van der Waals surface area contributed by atoms with Gasteiger partial charge in [0, 0.05) is 5.56 Å². The van der Waals surface area contributed by atoms with Crippen LogP contribution in [0.5, 0.6) is 11.5 Å². The fourth-order valence-electron chi connectivity index (χ4n) is 1.94. The number of carboxylic acids is 1. The van der Waals surface area contributed by atoms with Gasteiger partial charge in [0.15, 0.2) is 11.5 Å². The minimum absolute atomic E-state index is 0.142. The third-order valence-electron chi connectivity index (χ3n) is 2.67. The molecule has 0 bridgehead atoms. The summed E-state index contributed by atoms with van der Waals surface area (Å²) in [5, 5.41) is 8.75. The predicted octanol–water partition coefficient (Wildman–Crippen LogP) is 2.18. The third-order valence-corrected chi connectivity index (χ3v) is 2.67. The zero-order valence-electron chi connectivity index (χ0n) is 9.40. The molecule has 1 heterocycles. The first-order valence-electron chi connectivity index (χ1n) is 5.39. The van der Waals surface area contributed by atoms with E-state index in [1.54, 1.807) is 6.92 Å². The first-order valence-corrected chi connectivity index (χ1v) is 5.39. The summed E-state index contributed by atoms with van der Waals surface area (Å²) in [6.45, 7) is 2.43. The summed E-state index contributed by atoms with van der Waals surface area (Å²) in [7, 11) is 0. The summed E-state index contributed by atoms with van der Waals surface area (Å²) in [6, 6.07) is 2.78. The van der Waals surface area contributed by atoms with Gasteiger partial charge in [0.05, 0.1) is 6.42 Å². The lowest BCUT2D eigenvalue weighted by molar-refractivity contribution is -0.137. The Morgan fingerprint density at radius 2 is 2.18 bits per heavy atom. The van der Waals surface area contributed by atoms with E-state index in [2.05, 4.69) is 0 Å². The van der Waals surface area contributed by atoms with Crippen molar-refractivity contribution in [1.82, 2.24) is 0 Å². The monoisotopic (exact) mass is 240 g/mol. The number of ether oxygens (including phenoxy) is 2. The molecule has 1 aliphatic heterocycles. The predicted molar refractivity (Wildman–Crippen MR) is 58.1 cm³/mol. The van der Waals surface area contributed by atoms with Crippen LogP contribution in [0.4, 0.5) is 4.39 Å². The van der Waals surface area contributed by atoms with Crippen molar-refractivity contribution in [3.05, 3.63) is 23.5 Å². The zero-order valence-corrected chi connectivity index (χ0v) is 9.40. The number of hydrogen-bond acceptors (Lipinski definition) is 3. The Hall–Kier alpha value is -1.78. The number of hydrogen-bond donors (Lipinski definition) is 1. The summed E-state index contributed by atoms with van der Waals surface area (Å²) in [5.74, 6) is -1.06. The van der Waals surface area contributed by atoms with Gasteiger partial charge in [-0.15, -0.1) is 0 Å². The summed E-state index contributed by atoms with van der Waals surface area (Å²) < 4.78 is 24.5. The van der Waals surface area contributed by atoms with Gasteiger partial charge in [-0.1, -0.05) is 6.92 Å². The SMILES string of the molecule is CC(CC(=O)O)c1c(F)ccc2c1OCCO2. The normalized spacial score (nSPS) is 15.4. The van der Waals surface area contributed by atoms with Crippen molar-refractivity contribution in [3.8, 4) is 11.5 Å². The van der Waals surface area contributed by atoms with Crippen LogP contribution in [0.25, 0.3) is 0 Å². The maximum absolute atomic E-state index is 13.7. The maximum atomic E-state index is 13.7. The van der Waals surface area contributed by atoms with E-state index in [4.69, 9.17) is 14.6 Å². The lowest BCUT2D eigenvalue weighted by Gasteiger charge is -2.23. The minimum Gasteiger partial charge on any atom is -0.486 e. The van der Waals surface area contributed by atoms with Crippen molar-refractivity contribution in [2.24, 2.45) is 0 Å². The van der Waals surface area contributed by atoms with E-state index < -0.39 is 17.7 Å². The molecule has 1 aromatic carbocycles. The molecule has 1 atom stereocenters. The van der Waals surface area contributed by atoms with Gasteiger partial charge in [-0.25, -0.2) is 4.39 Å². The van der Waals surface area contributed by atoms with Gasteiger partial charge in [-0.3, -0.25) is 4.79 Å². The molecule has 0 spiro atoms. The van der Waals surface area contributed by atoms with Crippen LogP contribution in [0, 0.1) is 5.82 Å². The van der Waals surface area contributed by atoms with Crippen LogP contribution < -0.4 is 9.47 Å². The van der Waals surface area contributed by atoms with E-state index in [1.807, 2.05) is 0 Å². The van der Waals surface area contributed by atoms with Gasteiger partial charge >= 0.3 is 5.97 Å². The standard InChI is InChI=1S/C12H13FO4/c1-7(6-10(14)15)11-8(13)2-3-9-12(11)17-5-4-16-9/h2-3,7H,4-6H2,1H3,(H,14,15). The molecule has 92 valence electrons. The molecular formula is C12H13FO4. The Balaban J connectivity index is 2.40. The zero-order chi connectivity index (χ0) is 12.4. The van der Waals surface area contributed by atoms with E-state index in [1.165, 1.54) is 12.1 Å². The molecule has 1 N–H and O–H groups in total. The Morgan fingerprint density at radius 1 is 1.47 bits per heavy atom. The molecule has 0 saturated heterocycles. The van der Waals surface area contributed by atoms with Crippen molar-refractivity contribution in [2.45, 2.75) is 19.3 Å². The van der Waals surface area contributed by atoms with Gasteiger partial charge in [0.2, 0.25) is 0 Å². The Morgan fingerprint density at radius 3 is 2.88 bits per heavy atom. The summed E-state index contributed by atoms with van der Waals surface area (Å²) in [5.41, 5.74) is 0.282. The van der Waals surface area contributed by atoms with Gasteiger partial charge in [0.1, 0.15) is 19.0 Å². The van der Waals surface area contributed by atoms with E-state index in [-0.39, 0.29) is 12.0 Å². The molecule has 1 unspecified atom stereocenters. The molecule has 0 radical (unpaired) electrons. The molecular weight excluding hydrogens is 227 g/mol. The molecule has 1 aromatic rings. The molecule has 2 rings (SSSR count). The number of carbonyl (C=O) groups is 1. The molecule has 5 heteroatoms. The van der Waals surface area contributed by atoms with Crippen LogP contribution in [0.15, 0.2) is 12.1 Å². The second kappa shape index (κ2) is 4.61. The number of fused-ring (bicyclic) bond motifs is 1. The molecule has 0 saturated carbocycles. The molecule has 4 nitrogen and oxygen atoms in total. The van der Waals surface area contributed by atoms with Crippen LogP contribution >= 0.6 is 0 Å². The highest BCUT2D eigenvalue weighted by atomic mass is 19.1. The van der Waals surface area contributed by atoms with Crippen LogP contribution in [-0.4, -0.2) is 24.3 Å². The highest BCUT2D eigenvalue weighted by Gasteiger charge is 2.24. The molecule has 17 heavy (non-hydrogen) atoms. The van der Waals surface area contributed by atoms with Crippen molar-refractivity contribution in [3.63, 3.8) is 0 Å². The van der Waals surface area contributed by atoms with Crippen molar-refractivity contribution < 1.29 is 23.8 Å². The number of rotatable bonds is 3. The van der Waals surface area contributed by atoms with E-state index in [9.17, 15) is 9.18 Å². The molecule has 0 aliphatic carbocycles. The lowest BCUT2D eigenvalue weighted by atomic mass is 9.95. The number of benzene rings is 1. The van der Waals surface area contributed by atoms with Gasteiger partial charge in [0.25, 0.3) is 0 Å². The Labute approximate surface area is 98.0 Å².